The van der Waals surface area contributed by atoms with Gasteiger partial charge in [-0.25, -0.2) is 9.37 Å². The molecular weight excluding hydrogens is 499 g/mol. The van der Waals surface area contributed by atoms with Crippen LogP contribution in [0, 0.1) is 5.82 Å². The molecule has 2 aromatic carbocycles. The van der Waals surface area contributed by atoms with Crippen molar-refractivity contribution < 1.29 is 13.9 Å². The molecule has 6 rings (SSSR count). The van der Waals surface area contributed by atoms with Crippen LogP contribution in [0.3, 0.4) is 0 Å². The summed E-state index contributed by atoms with van der Waals surface area (Å²) in [6.45, 7) is 9.42. The number of hydrogen-bond donors (Lipinski definition) is 2. The second-order valence-corrected chi connectivity index (χ2v) is 10.6. The molecule has 0 saturated carbocycles. The SMILES string of the molecule is CC1CN(c2ccc(C(=O)Nc3cc(F)c4nn(C)cc4c3)c3nc(OCCN4CCC4)ncc23)CC(C)N1. The number of fused-ring (bicyclic) bond motifs is 2. The van der Waals surface area contributed by atoms with Crippen LogP contribution in [0.1, 0.15) is 30.6 Å². The van der Waals surface area contributed by atoms with Gasteiger partial charge in [-0.3, -0.25) is 14.4 Å². The average molecular weight is 533 g/mol. The van der Waals surface area contributed by atoms with Gasteiger partial charge in [-0.05, 0) is 57.6 Å². The molecule has 2 unspecified atom stereocenters. The summed E-state index contributed by atoms with van der Waals surface area (Å²) in [6.07, 6.45) is 4.67. The first-order valence-corrected chi connectivity index (χ1v) is 13.4. The van der Waals surface area contributed by atoms with E-state index in [2.05, 4.69) is 44.4 Å². The van der Waals surface area contributed by atoms with Crippen molar-refractivity contribution >= 4 is 39.1 Å². The lowest BCUT2D eigenvalue weighted by molar-refractivity contribution is 0.102. The molecule has 2 atom stereocenters. The highest BCUT2D eigenvalue weighted by Crippen LogP contribution is 2.31. The fourth-order valence-electron chi connectivity index (χ4n) is 5.50. The lowest BCUT2D eigenvalue weighted by atomic mass is 10.0. The van der Waals surface area contributed by atoms with Crippen LogP contribution in [0.25, 0.3) is 21.8 Å². The van der Waals surface area contributed by atoms with Gasteiger partial charge in [0.25, 0.3) is 5.91 Å². The third-order valence-electron chi connectivity index (χ3n) is 7.37. The zero-order chi connectivity index (χ0) is 27.1. The summed E-state index contributed by atoms with van der Waals surface area (Å²) in [5, 5.41) is 11.9. The number of hydrogen-bond acceptors (Lipinski definition) is 8. The topological polar surface area (TPSA) is 100 Å². The maximum absolute atomic E-state index is 14.7. The smallest absolute Gasteiger partial charge is 0.316 e. The predicted molar refractivity (Wildman–Crippen MR) is 149 cm³/mol. The first-order chi connectivity index (χ1) is 18.8. The quantitative estimate of drug-likeness (QED) is 0.375. The van der Waals surface area contributed by atoms with Crippen molar-refractivity contribution in [2.45, 2.75) is 32.4 Å². The van der Waals surface area contributed by atoms with Crippen molar-refractivity contribution in [3.05, 3.63) is 48.0 Å². The molecule has 0 radical (unpaired) electrons. The van der Waals surface area contributed by atoms with E-state index in [1.54, 1.807) is 36.3 Å². The van der Waals surface area contributed by atoms with E-state index in [1.165, 1.54) is 12.5 Å². The largest absolute Gasteiger partial charge is 0.462 e. The molecular formula is C28H33FN8O2. The Labute approximate surface area is 226 Å². The molecule has 2 aromatic heterocycles. The first-order valence-electron chi connectivity index (χ1n) is 13.4. The number of aromatic nitrogens is 4. The number of benzene rings is 2. The highest BCUT2D eigenvalue weighted by atomic mass is 19.1. The van der Waals surface area contributed by atoms with Gasteiger partial charge in [-0.1, -0.05) is 0 Å². The Bertz CT molecular complexity index is 1530. The molecule has 0 spiro atoms. The number of anilines is 2. The number of halogens is 1. The van der Waals surface area contributed by atoms with Crippen LogP contribution in [-0.4, -0.2) is 82.0 Å². The fraction of sp³-hybridized carbons (Fsp3) is 0.429. The summed E-state index contributed by atoms with van der Waals surface area (Å²) in [6, 6.07) is 7.58. The fourth-order valence-corrected chi connectivity index (χ4v) is 5.50. The van der Waals surface area contributed by atoms with Crippen molar-refractivity contribution in [2.75, 3.05) is 49.5 Å². The Morgan fingerprint density at radius 2 is 1.97 bits per heavy atom. The maximum atomic E-state index is 14.7. The third-order valence-corrected chi connectivity index (χ3v) is 7.37. The van der Waals surface area contributed by atoms with E-state index in [9.17, 15) is 9.18 Å². The summed E-state index contributed by atoms with van der Waals surface area (Å²) < 4.78 is 22.1. The van der Waals surface area contributed by atoms with Gasteiger partial charge in [0.2, 0.25) is 0 Å². The lowest BCUT2D eigenvalue weighted by Crippen LogP contribution is -2.54. The van der Waals surface area contributed by atoms with Gasteiger partial charge in [0, 0.05) is 73.3 Å². The Kier molecular flexibility index (Phi) is 6.78. The molecule has 4 aromatic rings. The highest BCUT2D eigenvalue weighted by molar-refractivity contribution is 6.14. The van der Waals surface area contributed by atoms with Gasteiger partial charge in [0.15, 0.2) is 5.82 Å². The van der Waals surface area contributed by atoms with Crippen molar-refractivity contribution in [2.24, 2.45) is 7.05 Å². The molecule has 4 heterocycles. The van der Waals surface area contributed by atoms with Crippen molar-refractivity contribution in [1.82, 2.24) is 30.0 Å². The van der Waals surface area contributed by atoms with Gasteiger partial charge in [0.1, 0.15) is 12.1 Å². The van der Waals surface area contributed by atoms with E-state index in [0.29, 0.717) is 40.8 Å². The molecule has 2 N–H and O–H groups in total. The van der Waals surface area contributed by atoms with Crippen LogP contribution in [0.2, 0.25) is 0 Å². The summed E-state index contributed by atoms with van der Waals surface area (Å²) >= 11 is 0. The van der Waals surface area contributed by atoms with E-state index in [4.69, 9.17) is 9.72 Å². The van der Waals surface area contributed by atoms with Gasteiger partial charge in [-0.2, -0.15) is 10.1 Å². The van der Waals surface area contributed by atoms with Crippen molar-refractivity contribution in [3.8, 4) is 6.01 Å². The second-order valence-electron chi connectivity index (χ2n) is 10.6. The Hall–Kier alpha value is -3.83. The van der Waals surface area contributed by atoms with Crippen LogP contribution in [0.5, 0.6) is 6.01 Å². The molecule has 2 saturated heterocycles. The Balaban J connectivity index is 1.34. The average Bonchev–Trinajstić information content (AvgIpc) is 3.24. The molecule has 10 nitrogen and oxygen atoms in total. The van der Waals surface area contributed by atoms with E-state index in [-0.39, 0.29) is 17.4 Å². The summed E-state index contributed by atoms with van der Waals surface area (Å²) in [4.78, 5) is 27.3. The van der Waals surface area contributed by atoms with Gasteiger partial charge < -0.3 is 20.3 Å². The van der Waals surface area contributed by atoms with Crippen LogP contribution in [0.15, 0.2) is 36.7 Å². The van der Waals surface area contributed by atoms with Crippen molar-refractivity contribution in [3.63, 3.8) is 0 Å². The number of likely N-dealkylation sites (tertiary alicyclic amines) is 1. The summed E-state index contributed by atoms with van der Waals surface area (Å²) in [7, 11) is 1.73. The molecule has 39 heavy (non-hydrogen) atoms. The second kappa shape index (κ2) is 10.4. The Morgan fingerprint density at radius 3 is 2.72 bits per heavy atom. The van der Waals surface area contributed by atoms with Crippen LogP contribution < -0.4 is 20.3 Å². The van der Waals surface area contributed by atoms with Gasteiger partial charge in [-0.15, -0.1) is 0 Å². The van der Waals surface area contributed by atoms with E-state index in [0.717, 1.165) is 43.8 Å². The molecule has 1 amide bonds. The normalized spacial score (nSPS) is 19.8. The van der Waals surface area contributed by atoms with E-state index in [1.807, 2.05) is 6.07 Å². The number of aryl methyl sites for hydroxylation is 1. The predicted octanol–water partition coefficient (Wildman–Crippen LogP) is 3.18. The van der Waals surface area contributed by atoms with Gasteiger partial charge >= 0.3 is 6.01 Å². The zero-order valence-electron chi connectivity index (χ0n) is 22.4. The molecule has 2 aliphatic rings. The zero-order valence-corrected chi connectivity index (χ0v) is 22.4. The van der Waals surface area contributed by atoms with Crippen molar-refractivity contribution in [1.29, 1.82) is 0 Å². The monoisotopic (exact) mass is 532 g/mol. The minimum atomic E-state index is -0.495. The number of amides is 1. The number of nitrogens with zero attached hydrogens (tertiary/aromatic N) is 6. The maximum Gasteiger partial charge on any atom is 0.316 e. The number of rotatable bonds is 7. The van der Waals surface area contributed by atoms with E-state index >= 15 is 0 Å². The molecule has 204 valence electrons. The number of carbonyl (C=O) groups excluding carboxylic acids is 1. The standard InChI is InChI=1S/C28H33FN8O2/c1-17-14-37(15-18(2)31-17)24-6-5-21(26-22(24)13-30-28(33-26)39-10-9-36-7-4-8-36)27(38)32-20-11-19-16-35(3)34-25(19)23(29)12-20/h5-6,11-13,16-18,31H,4,7-10,14-15H2,1-3H3,(H,32,38). The minimum Gasteiger partial charge on any atom is -0.462 e. The minimum absolute atomic E-state index is 0.235. The lowest BCUT2D eigenvalue weighted by Gasteiger charge is -2.38. The van der Waals surface area contributed by atoms with Crippen LogP contribution in [-0.2, 0) is 7.05 Å². The summed E-state index contributed by atoms with van der Waals surface area (Å²) in [5.74, 6) is -0.882. The summed E-state index contributed by atoms with van der Waals surface area (Å²) in [5.41, 5.74) is 2.45. The first kappa shape index (κ1) is 25.4. The molecule has 0 aliphatic carbocycles. The van der Waals surface area contributed by atoms with E-state index < -0.39 is 5.82 Å². The molecule has 2 aliphatic heterocycles. The number of ether oxygens (including phenoxy) is 1. The third kappa shape index (κ3) is 5.24. The van der Waals surface area contributed by atoms with Crippen LogP contribution in [0.4, 0.5) is 15.8 Å². The molecule has 11 heteroatoms. The highest BCUT2D eigenvalue weighted by Gasteiger charge is 2.25. The Morgan fingerprint density at radius 1 is 1.18 bits per heavy atom. The molecule has 2 fully saturated rings. The molecule has 0 bridgehead atoms. The van der Waals surface area contributed by atoms with Crippen LogP contribution >= 0.6 is 0 Å². The van der Waals surface area contributed by atoms with Gasteiger partial charge in [0.05, 0.1) is 11.1 Å². The number of carbonyl (C=O) groups is 1. The number of nitrogens with one attached hydrogen (secondary N) is 2. The number of piperazine rings is 1.